The third-order valence-corrected chi connectivity index (χ3v) is 4.10. The summed E-state index contributed by atoms with van der Waals surface area (Å²) in [7, 11) is 0. The molecule has 5 heteroatoms. The van der Waals surface area contributed by atoms with E-state index in [1.165, 1.54) is 0 Å². The maximum absolute atomic E-state index is 14.2. The monoisotopic (exact) mass is 343 g/mol. The second-order valence-electron chi connectivity index (χ2n) is 6.33. The van der Waals surface area contributed by atoms with E-state index in [1.807, 2.05) is 24.3 Å². The van der Waals surface area contributed by atoms with Gasteiger partial charge in [0.25, 0.3) is 0 Å². The van der Waals surface area contributed by atoms with E-state index in [9.17, 15) is 18.7 Å². The van der Waals surface area contributed by atoms with Crippen molar-refractivity contribution in [1.82, 2.24) is 4.98 Å². The number of allylic oxidation sites excluding steroid dienone is 2. The molecule has 3 rings (SSSR count). The maximum atomic E-state index is 14.2. The van der Waals surface area contributed by atoms with Crippen LogP contribution in [0.5, 0.6) is 0 Å². The van der Waals surface area contributed by atoms with Crippen LogP contribution in [0.15, 0.2) is 54.3 Å². The SMILES string of the molecule is O=C1C=C(O)CC(F)Cc2cccc(n2)-c2cccc(c2)CC(F)C1. The van der Waals surface area contributed by atoms with Gasteiger partial charge in [0.15, 0.2) is 5.78 Å². The van der Waals surface area contributed by atoms with E-state index in [4.69, 9.17) is 0 Å². The zero-order chi connectivity index (χ0) is 17.8. The van der Waals surface area contributed by atoms with Gasteiger partial charge in [-0.05, 0) is 23.8 Å². The fourth-order valence-corrected chi connectivity index (χ4v) is 2.99. The minimum atomic E-state index is -1.37. The van der Waals surface area contributed by atoms with E-state index in [0.29, 0.717) is 11.4 Å². The Bertz CT molecular complexity index is 804. The Morgan fingerprint density at radius 3 is 2.56 bits per heavy atom. The first-order valence-corrected chi connectivity index (χ1v) is 8.25. The van der Waals surface area contributed by atoms with Crippen molar-refractivity contribution < 1.29 is 18.7 Å². The van der Waals surface area contributed by atoms with Crippen LogP contribution in [-0.2, 0) is 17.6 Å². The molecule has 130 valence electrons. The minimum absolute atomic E-state index is 0.0331. The summed E-state index contributed by atoms with van der Waals surface area (Å²) >= 11 is 0. The van der Waals surface area contributed by atoms with Gasteiger partial charge in [0.2, 0.25) is 0 Å². The number of fused-ring (bicyclic) bond motifs is 5. The van der Waals surface area contributed by atoms with E-state index >= 15 is 0 Å². The van der Waals surface area contributed by atoms with Crippen LogP contribution < -0.4 is 0 Å². The third kappa shape index (κ3) is 4.72. The molecular weight excluding hydrogens is 324 g/mol. The Balaban J connectivity index is 1.98. The number of ketones is 1. The second kappa shape index (κ2) is 7.55. The number of carbonyl (C=O) groups is 1. The molecule has 0 spiro atoms. The fraction of sp³-hybridized carbons (Fsp3) is 0.300. The number of carbonyl (C=O) groups excluding carboxylic acids is 1. The maximum Gasteiger partial charge on any atom is 0.161 e. The molecule has 2 atom stereocenters. The Labute approximate surface area is 145 Å². The highest BCUT2D eigenvalue weighted by molar-refractivity contribution is 5.90. The van der Waals surface area contributed by atoms with Crippen LogP contribution in [0.3, 0.4) is 0 Å². The predicted molar refractivity (Wildman–Crippen MR) is 91.8 cm³/mol. The average Bonchev–Trinajstić information content (AvgIpc) is 2.53. The standard InChI is InChI=1S/C20H19F2NO2/c21-15-8-13-3-1-4-14(7-13)20-6-2-5-17(23-20)9-16(22)11-19(25)12-18(24)10-15/h1-7,12,15-16,25H,8-11H2. The molecule has 1 aromatic heterocycles. The molecule has 1 N–H and O–H groups in total. The van der Waals surface area contributed by atoms with Crippen LogP contribution in [-0.4, -0.2) is 28.2 Å². The number of nitrogens with zero attached hydrogens (tertiary/aromatic N) is 1. The van der Waals surface area contributed by atoms with Crippen molar-refractivity contribution in [3.05, 3.63) is 65.6 Å². The molecule has 1 aliphatic rings. The van der Waals surface area contributed by atoms with Crippen LogP contribution in [0.25, 0.3) is 11.3 Å². The molecule has 3 nitrogen and oxygen atoms in total. The van der Waals surface area contributed by atoms with Crippen LogP contribution in [0.1, 0.15) is 24.1 Å². The number of aliphatic hydroxyl groups excluding tert-OH is 1. The van der Waals surface area contributed by atoms with Crippen molar-refractivity contribution in [3.8, 4) is 11.3 Å². The average molecular weight is 343 g/mol. The summed E-state index contributed by atoms with van der Waals surface area (Å²) in [5.41, 5.74) is 2.83. The van der Waals surface area contributed by atoms with Crippen molar-refractivity contribution in [1.29, 1.82) is 0 Å². The summed E-state index contributed by atoms with van der Waals surface area (Å²) < 4.78 is 28.3. The first-order valence-electron chi connectivity index (χ1n) is 8.25. The highest BCUT2D eigenvalue weighted by atomic mass is 19.1. The Kier molecular flexibility index (Phi) is 5.22. The number of aromatic nitrogens is 1. The highest BCUT2D eigenvalue weighted by Crippen LogP contribution is 2.22. The van der Waals surface area contributed by atoms with Gasteiger partial charge in [-0.3, -0.25) is 9.78 Å². The lowest BCUT2D eigenvalue weighted by molar-refractivity contribution is -0.115. The van der Waals surface area contributed by atoms with E-state index in [0.717, 1.165) is 17.2 Å². The summed E-state index contributed by atoms with van der Waals surface area (Å²) in [4.78, 5) is 16.3. The Morgan fingerprint density at radius 2 is 1.72 bits per heavy atom. The molecule has 0 radical (unpaired) electrons. The number of halogens is 2. The van der Waals surface area contributed by atoms with Crippen LogP contribution in [0.2, 0.25) is 0 Å². The molecule has 4 bridgehead atoms. The summed E-state index contributed by atoms with van der Waals surface area (Å²) in [5.74, 6) is -0.904. The number of benzene rings is 1. The molecule has 2 aromatic rings. The fourth-order valence-electron chi connectivity index (χ4n) is 2.99. The van der Waals surface area contributed by atoms with Crippen LogP contribution in [0, 0.1) is 0 Å². The van der Waals surface area contributed by atoms with E-state index in [-0.39, 0.29) is 31.4 Å². The summed E-state index contributed by atoms with van der Waals surface area (Å²) in [6.45, 7) is 0. The topological polar surface area (TPSA) is 50.2 Å². The highest BCUT2D eigenvalue weighted by Gasteiger charge is 2.17. The van der Waals surface area contributed by atoms with Gasteiger partial charge in [-0.2, -0.15) is 0 Å². The predicted octanol–water partition coefficient (Wildman–Crippen LogP) is 4.31. The molecule has 0 aliphatic carbocycles. The van der Waals surface area contributed by atoms with E-state index < -0.39 is 18.1 Å². The lowest BCUT2D eigenvalue weighted by Crippen LogP contribution is -2.12. The lowest BCUT2D eigenvalue weighted by Gasteiger charge is -2.09. The summed E-state index contributed by atoms with van der Waals surface area (Å²) in [6.07, 6.45) is -2.30. The molecule has 1 aliphatic heterocycles. The molecule has 0 saturated carbocycles. The number of hydrogen-bond donors (Lipinski definition) is 1. The minimum Gasteiger partial charge on any atom is -0.512 e. The van der Waals surface area contributed by atoms with Gasteiger partial charge in [0.05, 0.1) is 11.5 Å². The molecule has 25 heavy (non-hydrogen) atoms. The number of rotatable bonds is 0. The molecule has 1 aromatic carbocycles. The van der Waals surface area contributed by atoms with Gasteiger partial charge in [-0.25, -0.2) is 8.78 Å². The molecule has 0 fully saturated rings. The van der Waals surface area contributed by atoms with E-state index in [2.05, 4.69) is 4.98 Å². The zero-order valence-electron chi connectivity index (χ0n) is 13.7. The Morgan fingerprint density at radius 1 is 0.960 bits per heavy atom. The second-order valence-corrected chi connectivity index (χ2v) is 6.33. The quantitative estimate of drug-likeness (QED) is 0.775. The number of pyridine rings is 1. The summed E-state index contributed by atoms with van der Waals surface area (Å²) in [6, 6.07) is 12.7. The van der Waals surface area contributed by atoms with Crippen molar-refractivity contribution in [2.24, 2.45) is 0 Å². The number of hydrogen-bond acceptors (Lipinski definition) is 3. The first-order chi connectivity index (χ1) is 12.0. The smallest absolute Gasteiger partial charge is 0.161 e. The van der Waals surface area contributed by atoms with Gasteiger partial charge in [-0.1, -0.05) is 24.3 Å². The van der Waals surface area contributed by atoms with Crippen molar-refractivity contribution in [2.75, 3.05) is 0 Å². The zero-order valence-corrected chi connectivity index (χ0v) is 13.7. The van der Waals surface area contributed by atoms with Crippen molar-refractivity contribution in [3.63, 3.8) is 0 Å². The Hall–Kier alpha value is -2.56. The molecule has 2 unspecified atom stereocenters. The first kappa shape index (κ1) is 17.3. The van der Waals surface area contributed by atoms with Crippen LogP contribution in [0.4, 0.5) is 8.78 Å². The molecule has 0 saturated heterocycles. The summed E-state index contributed by atoms with van der Waals surface area (Å²) in [5, 5.41) is 9.75. The normalized spacial score (nSPS) is 21.8. The van der Waals surface area contributed by atoms with Gasteiger partial charge >= 0.3 is 0 Å². The third-order valence-electron chi connectivity index (χ3n) is 4.10. The van der Waals surface area contributed by atoms with Crippen molar-refractivity contribution in [2.45, 2.75) is 38.0 Å². The van der Waals surface area contributed by atoms with Gasteiger partial charge in [0, 0.05) is 43.0 Å². The van der Waals surface area contributed by atoms with Crippen molar-refractivity contribution >= 4 is 5.78 Å². The largest absolute Gasteiger partial charge is 0.512 e. The van der Waals surface area contributed by atoms with Gasteiger partial charge in [-0.15, -0.1) is 0 Å². The molecule has 2 heterocycles. The number of aliphatic hydroxyl groups is 1. The molecular formula is C20H19F2NO2. The van der Waals surface area contributed by atoms with Crippen LogP contribution >= 0.6 is 0 Å². The lowest BCUT2D eigenvalue weighted by atomic mass is 10.0. The molecule has 0 amide bonds. The van der Waals surface area contributed by atoms with E-state index in [1.54, 1.807) is 18.2 Å². The van der Waals surface area contributed by atoms with Gasteiger partial charge < -0.3 is 5.11 Å². The number of alkyl halides is 2. The van der Waals surface area contributed by atoms with Gasteiger partial charge in [0.1, 0.15) is 12.3 Å².